The van der Waals surface area contributed by atoms with Crippen LogP contribution in [0.25, 0.3) is 0 Å². The average molecular weight is 249 g/mol. The van der Waals surface area contributed by atoms with Crippen molar-refractivity contribution < 1.29 is 14.7 Å². The summed E-state index contributed by atoms with van der Waals surface area (Å²) >= 11 is 0. The van der Waals surface area contributed by atoms with Gasteiger partial charge in [0, 0.05) is 12.1 Å². The number of likely N-dealkylation sites (N-methyl/N-ethyl adjacent to an activating group) is 1. The van der Waals surface area contributed by atoms with Gasteiger partial charge in [0.2, 0.25) is 0 Å². The second kappa shape index (κ2) is 5.67. The Morgan fingerprint density at radius 3 is 2.44 bits per heavy atom. The Bertz CT molecular complexity index is 468. The first-order valence-corrected chi connectivity index (χ1v) is 6.00. The third-order valence-corrected chi connectivity index (χ3v) is 3.26. The summed E-state index contributed by atoms with van der Waals surface area (Å²) in [6.45, 7) is 7.49. The quantitative estimate of drug-likeness (QED) is 0.890. The molecule has 1 atom stereocenters. The maximum Gasteiger partial charge on any atom is 0.326 e. The fraction of sp³-hybridized carbons (Fsp3) is 0.429. The van der Waals surface area contributed by atoms with Gasteiger partial charge in [0.15, 0.2) is 0 Å². The zero-order valence-corrected chi connectivity index (χ0v) is 11.2. The van der Waals surface area contributed by atoms with E-state index < -0.39 is 12.0 Å². The maximum atomic E-state index is 12.4. The number of aryl methyl sites for hydroxylation is 1. The predicted molar refractivity (Wildman–Crippen MR) is 69.7 cm³/mol. The van der Waals surface area contributed by atoms with E-state index in [1.165, 1.54) is 11.8 Å². The van der Waals surface area contributed by atoms with E-state index in [-0.39, 0.29) is 5.91 Å². The predicted octanol–water partition coefficient (Wildman–Crippen LogP) is 2.24. The molecule has 0 fully saturated rings. The van der Waals surface area contributed by atoms with Crippen LogP contribution in [0.2, 0.25) is 0 Å². The van der Waals surface area contributed by atoms with Crippen molar-refractivity contribution >= 4 is 11.9 Å². The molecule has 1 unspecified atom stereocenters. The van der Waals surface area contributed by atoms with Crippen molar-refractivity contribution in [1.29, 1.82) is 0 Å². The highest BCUT2D eigenvalue weighted by atomic mass is 16.4. The number of carboxylic acid groups (broad SMARTS) is 1. The molecule has 0 bridgehead atoms. The van der Waals surface area contributed by atoms with E-state index in [1.54, 1.807) is 13.0 Å². The lowest BCUT2D eigenvalue weighted by molar-refractivity contribution is -0.141. The fourth-order valence-corrected chi connectivity index (χ4v) is 1.86. The maximum absolute atomic E-state index is 12.4. The highest BCUT2D eigenvalue weighted by molar-refractivity contribution is 5.98. The van der Waals surface area contributed by atoms with Crippen LogP contribution >= 0.6 is 0 Å². The number of hydrogen-bond acceptors (Lipinski definition) is 2. The van der Waals surface area contributed by atoms with Crippen molar-refractivity contribution in [3.63, 3.8) is 0 Å². The van der Waals surface area contributed by atoms with Gasteiger partial charge in [-0.15, -0.1) is 0 Å². The molecule has 1 amide bonds. The molecule has 0 spiro atoms. The molecule has 4 heteroatoms. The number of carbonyl (C=O) groups excluding carboxylic acids is 1. The minimum Gasteiger partial charge on any atom is -0.480 e. The summed E-state index contributed by atoms with van der Waals surface area (Å²) in [5, 5.41) is 9.01. The second-order valence-corrected chi connectivity index (χ2v) is 4.35. The van der Waals surface area contributed by atoms with Gasteiger partial charge in [-0.25, -0.2) is 4.79 Å². The van der Waals surface area contributed by atoms with Gasteiger partial charge >= 0.3 is 5.97 Å². The summed E-state index contributed by atoms with van der Waals surface area (Å²) < 4.78 is 0. The standard InChI is InChI=1S/C14H19NO3/c1-5-15(11(4)14(17)18)13(16)12-8-6-7-9(2)10(12)3/h6-8,11H,5H2,1-4H3,(H,17,18). The molecular formula is C14H19NO3. The third kappa shape index (κ3) is 2.70. The lowest BCUT2D eigenvalue weighted by Gasteiger charge is -2.26. The largest absolute Gasteiger partial charge is 0.480 e. The van der Waals surface area contributed by atoms with Crippen molar-refractivity contribution in [3.8, 4) is 0 Å². The Labute approximate surface area is 107 Å². The summed E-state index contributed by atoms with van der Waals surface area (Å²) in [6, 6.07) is 4.67. The van der Waals surface area contributed by atoms with E-state index >= 15 is 0 Å². The normalized spacial score (nSPS) is 12.0. The van der Waals surface area contributed by atoms with Gasteiger partial charge in [-0.3, -0.25) is 4.79 Å². The van der Waals surface area contributed by atoms with Gasteiger partial charge < -0.3 is 10.0 Å². The van der Waals surface area contributed by atoms with Crippen LogP contribution in [0.4, 0.5) is 0 Å². The topological polar surface area (TPSA) is 57.6 Å². The molecule has 0 saturated carbocycles. The number of benzene rings is 1. The molecule has 0 saturated heterocycles. The van der Waals surface area contributed by atoms with Gasteiger partial charge in [0.1, 0.15) is 6.04 Å². The molecule has 18 heavy (non-hydrogen) atoms. The van der Waals surface area contributed by atoms with Crippen LogP contribution in [0.3, 0.4) is 0 Å². The van der Waals surface area contributed by atoms with Gasteiger partial charge in [-0.2, -0.15) is 0 Å². The second-order valence-electron chi connectivity index (χ2n) is 4.35. The smallest absolute Gasteiger partial charge is 0.326 e. The molecule has 0 aromatic heterocycles. The fourth-order valence-electron chi connectivity index (χ4n) is 1.86. The summed E-state index contributed by atoms with van der Waals surface area (Å²) in [6.07, 6.45) is 0. The molecular weight excluding hydrogens is 230 g/mol. The van der Waals surface area contributed by atoms with Gasteiger partial charge in [-0.05, 0) is 44.9 Å². The highest BCUT2D eigenvalue weighted by Gasteiger charge is 2.25. The average Bonchev–Trinajstić information content (AvgIpc) is 2.33. The number of rotatable bonds is 4. The van der Waals surface area contributed by atoms with Gasteiger partial charge in [0.25, 0.3) is 5.91 Å². The third-order valence-electron chi connectivity index (χ3n) is 3.26. The van der Waals surface area contributed by atoms with Crippen molar-refractivity contribution in [2.75, 3.05) is 6.54 Å². The highest BCUT2D eigenvalue weighted by Crippen LogP contribution is 2.16. The minimum absolute atomic E-state index is 0.228. The lowest BCUT2D eigenvalue weighted by atomic mass is 10.0. The molecule has 1 rings (SSSR count). The van der Waals surface area contributed by atoms with E-state index in [1.807, 2.05) is 26.0 Å². The number of nitrogens with zero attached hydrogens (tertiary/aromatic N) is 1. The van der Waals surface area contributed by atoms with Crippen LogP contribution < -0.4 is 0 Å². The van der Waals surface area contributed by atoms with Crippen LogP contribution in [-0.2, 0) is 4.79 Å². The molecule has 1 aromatic carbocycles. The van der Waals surface area contributed by atoms with Crippen LogP contribution in [0, 0.1) is 13.8 Å². The van der Waals surface area contributed by atoms with Crippen molar-refractivity contribution in [2.45, 2.75) is 33.7 Å². The monoisotopic (exact) mass is 249 g/mol. The summed E-state index contributed by atoms with van der Waals surface area (Å²) in [4.78, 5) is 24.7. The number of hydrogen-bond donors (Lipinski definition) is 1. The molecule has 0 aliphatic rings. The summed E-state index contributed by atoms with van der Waals surface area (Å²) in [5.74, 6) is -1.22. The van der Waals surface area contributed by atoms with Crippen LogP contribution in [0.1, 0.15) is 35.3 Å². The van der Waals surface area contributed by atoms with E-state index in [0.29, 0.717) is 12.1 Å². The first-order chi connectivity index (χ1) is 8.40. The van der Waals surface area contributed by atoms with E-state index in [2.05, 4.69) is 0 Å². The SMILES string of the molecule is CCN(C(=O)c1cccc(C)c1C)C(C)C(=O)O. The van der Waals surface area contributed by atoms with Gasteiger partial charge in [-0.1, -0.05) is 12.1 Å². The number of carbonyl (C=O) groups is 2. The van der Waals surface area contributed by atoms with Crippen LogP contribution in [0.15, 0.2) is 18.2 Å². The number of aliphatic carboxylic acids is 1. The molecule has 1 aromatic rings. The number of carboxylic acids is 1. The Morgan fingerprint density at radius 1 is 1.33 bits per heavy atom. The van der Waals surface area contributed by atoms with E-state index in [4.69, 9.17) is 5.11 Å². The molecule has 1 N–H and O–H groups in total. The number of amides is 1. The molecule has 0 aliphatic carbocycles. The molecule has 0 aliphatic heterocycles. The Balaban J connectivity index is 3.12. The molecule has 0 heterocycles. The minimum atomic E-state index is -0.990. The first kappa shape index (κ1) is 14.2. The van der Waals surface area contributed by atoms with E-state index in [9.17, 15) is 9.59 Å². The van der Waals surface area contributed by atoms with E-state index in [0.717, 1.165) is 11.1 Å². The van der Waals surface area contributed by atoms with Gasteiger partial charge in [0.05, 0.1) is 0 Å². The van der Waals surface area contributed by atoms with Crippen molar-refractivity contribution in [3.05, 3.63) is 34.9 Å². The zero-order chi connectivity index (χ0) is 13.9. The molecule has 4 nitrogen and oxygen atoms in total. The Morgan fingerprint density at radius 2 is 1.94 bits per heavy atom. The van der Waals surface area contributed by atoms with Crippen molar-refractivity contribution in [2.24, 2.45) is 0 Å². The van der Waals surface area contributed by atoms with Crippen LogP contribution in [0.5, 0.6) is 0 Å². The first-order valence-electron chi connectivity index (χ1n) is 6.00. The zero-order valence-electron chi connectivity index (χ0n) is 11.2. The molecule has 98 valence electrons. The molecule has 0 radical (unpaired) electrons. The lowest BCUT2D eigenvalue weighted by Crippen LogP contribution is -2.43. The summed E-state index contributed by atoms with van der Waals surface area (Å²) in [5.41, 5.74) is 2.50. The van der Waals surface area contributed by atoms with Crippen LogP contribution in [-0.4, -0.2) is 34.5 Å². The van der Waals surface area contributed by atoms with Crippen molar-refractivity contribution in [1.82, 2.24) is 4.90 Å². The Hall–Kier alpha value is -1.84. The Kier molecular flexibility index (Phi) is 4.48. The summed E-state index contributed by atoms with van der Waals surface area (Å²) in [7, 11) is 0.